The molecule has 3 N–H and O–H groups in total. The van der Waals surface area contributed by atoms with Gasteiger partial charge in [0.05, 0.1) is 5.69 Å². The fourth-order valence-electron chi connectivity index (χ4n) is 2.35. The van der Waals surface area contributed by atoms with E-state index in [-0.39, 0.29) is 0 Å². The van der Waals surface area contributed by atoms with Gasteiger partial charge in [-0.15, -0.1) is 0 Å². The molecule has 17 heavy (non-hydrogen) atoms. The number of nitrogen functional groups attached to an aromatic ring is 1. The molecule has 0 spiro atoms. The first-order chi connectivity index (χ1) is 8.19. The Balaban J connectivity index is 1.86. The Morgan fingerprint density at radius 1 is 1.59 bits per heavy atom. The quantitative estimate of drug-likeness (QED) is 0.833. The van der Waals surface area contributed by atoms with Crippen molar-refractivity contribution in [2.75, 3.05) is 37.2 Å². The number of nitrogens with two attached hydrogens (primary N) is 1. The molecule has 1 unspecified atom stereocenters. The fourth-order valence-corrected chi connectivity index (χ4v) is 2.35. The maximum absolute atomic E-state index is 5.92. The van der Waals surface area contributed by atoms with E-state index in [2.05, 4.69) is 22.1 Å². The van der Waals surface area contributed by atoms with Gasteiger partial charge in [-0.3, -0.25) is 0 Å². The second-order valence-corrected chi connectivity index (χ2v) is 4.88. The molecule has 1 aliphatic heterocycles. The molecule has 0 saturated carbocycles. The molecule has 2 heterocycles. The maximum Gasteiger partial charge on any atom is 0.149 e. The summed E-state index contributed by atoms with van der Waals surface area (Å²) in [6, 6.07) is 1.96. The summed E-state index contributed by atoms with van der Waals surface area (Å²) in [6.45, 7) is 8.76. The molecule has 4 nitrogen and oxygen atoms in total. The van der Waals surface area contributed by atoms with E-state index < -0.39 is 0 Å². The fraction of sp³-hybridized carbons (Fsp3) is 0.615. The summed E-state index contributed by atoms with van der Waals surface area (Å²) in [5.74, 6) is 1.54. The Hall–Kier alpha value is -1.29. The summed E-state index contributed by atoms with van der Waals surface area (Å²) in [6.07, 6.45) is 3.12. The van der Waals surface area contributed by atoms with E-state index in [0.717, 1.165) is 36.1 Å². The third kappa shape index (κ3) is 3.09. The largest absolute Gasteiger partial charge is 0.396 e. The van der Waals surface area contributed by atoms with E-state index >= 15 is 0 Å². The number of nitrogens with one attached hydrogen (secondary N) is 1. The monoisotopic (exact) mass is 234 g/mol. The molecule has 0 amide bonds. The molecular formula is C13H22N4. The molecule has 1 fully saturated rings. The number of likely N-dealkylation sites (tertiary alicyclic amines) is 1. The van der Waals surface area contributed by atoms with Crippen LogP contribution in [0.15, 0.2) is 12.3 Å². The molecule has 1 saturated heterocycles. The van der Waals surface area contributed by atoms with Gasteiger partial charge < -0.3 is 16.0 Å². The predicted octanol–water partition coefficient (Wildman–Crippen LogP) is 1.73. The minimum absolute atomic E-state index is 0.720. The Morgan fingerprint density at radius 3 is 3.06 bits per heavy atom. The number of hydrogen-bond donors (Lipinski definition) is 2. The second-order valence-electron chi connectivity index (χ2n) is 4.88. The average molecular weight is 234 g/mol. The summed E-state index contributed by atoms with van der Waals surface area (Å²) < 4.78 is 0. The van der Waals surface area contributed by atoms with Crippen molar-refractivity contribution in [1.82, 2.24) is 9.88 Å². The third-order valence-electron chi connectivity index (χ3n) is 3.43. The molecular weight excluding hydrogens is 212 g/mol. The average Bonchev–Trinajstić information content (AvgIpc) is 2.76. The highest BCUT2D eigenvalue weighted by atomic mass is 15.1. The van der Waals surface area contributed by atoms with Crippen molar-refractivity contribution >= 4 is 11.5 Å². The Morgan fingerprint density at radius 2 is 2.41 bits per heavy atom. The number of hydrogen-bond acceptors (Lipinski definition) is 4. The Labute approximate surface area is 103 Å². The lowest BCUT2D eigenvalue weighted by atomic mass is 10.1. The van der Waals surface area contributed by atoms with E-state index in [9.17, 15) is 0 Å². The van der Waals surface area contributed by atoms with Gasteiger partial charge in [0, 0.05) is 19.3 Å². The summed E-state index contributed by atoms with van der Waals surface area (Å²) in [7, 11) is 0. The summed E-state index contributed by atoms with van der Waals surface area (Å²) in [5, 5.41) is 3.36. The highest BCUT2D eigenvalue weighted by Gasteiger charge is 2.20. The number of nitrogens with zero attached hydrogens (tertiary/aromatic N) is 2. The Bertz CT molecular complexity index is 378. The molecule has 0 aliphatic carbocycles. The van der Waals surface area contributed by atoms with Crippen molar-refractivity contribution in [2.45, 2.75) is 20.3 Å². The number of rotatable bonds is 4. The number of anilines is 2. The maximum atomic E-state index is 5.92. The first-order valence-electron chi connectivity index (χ1n) is 6.37. The Kier molecular flexibility index (Phi) is 3.84. The zero-order chi connectivity index (χ0) is 12.3. The van der Waals surface area contributed by atoms with Gasteiger partial charge in [0.15, 0.2) is 0 Å². The molecule has 94 valence electrons. The van der Waals surface area contributed by atoms with Crippen molar-refractivity contribution in [3.63, 3.8) is 0 Å². The summed E-state index contributed by atoms with van der Waals surface area (Å²) in [5.41, 5.74) is 7.77. The lowest BCUT2D eigenvalue weighted by Gasteiger charge is -2.15. The lowest BCUT2D eigenvalue weighted by Crippen LogP contribution is -2.22. The van der Waals surface area contributed by atoms with Crippen LogP contribution in [0.5, 0.6) is 0 Å². The summed E-state index contributed by atoms with van der Waals surface area (Å²) in [4.78, 5) is 6.81. The van der Waals surface area contributed by atoms with Gasteiger partial charge in [0.2, 0.25) is 0 Å². The van der Waals surface area contributed by atoms with Gasteiger partial charge in [-0.05, 0) is 44.0 Å². The van der Waals surface area contributed by atoms with Gasteiger partial charge in [0.1, 0.15) is 5.82 Å². The van der Waals surface area contributed by atoms with Crippen molar-refractivity contribution in [2.24, 2.45) is 5.92 Å². The van der Waals surface area contributed by atoms with Gasteiger partial charge in [-0.1, -0.05) is 6.92 Å². The van der Waals surface area contributed by atoms with Crippen LogP contribution in [0, 0.1) is 12.8 Å². The van der Waals surface area contributed by atoms with E-state index in [1.807, 2.05) is 19.2 Å². The highest BCUT2D eigenvalue weighted by molar-refractivity contribution is 5.61. The standard InChI is InChI=1S/C13H22N4/c1-3-17-5-4-11(9-17)8-16-13-12(14)6-10(2)7-15-13/h6-7,11H,3-5,8-9,14H2,1-2H3,(H,15,16). The lowest BCUT2D eigenvalue weighted by molar-refractivity contribution is 0.345. The molecule has 1 aromatic heterocycles. The highest BCUT2D eigenvalue weighted by Crippen LogP contribution is 2.19. The minimum Gasteiger partial charge on any atom is -0.396 e. The molecule has 0 aromatic carbocycles. The van der Waals surface area contributed by atoms with Crippen LogP contribution in [0.4, 0.5) is 11.5 Å². The second kappa shape index (κ2) is 5.36. The van der Waals surface area contributed by atoms with Crippen LogP contribution in [0.1, 0.15) is 18.9 Å². The molecule has 1 aromatic rings. The molecule has 0 bridgehead atoms. The SMILES string of the molecule is CCN1CCC(CNc2ncc(C)cc2N)C1. The molecule has 0 radical (unpaired) electrons. The van der Waals surface area contributed by atoms with E-state index in [0.29, 0.717) is 0 Å². The van der Waals surface area contributed by atoms with Crippen LogP contribution in [0.2, 0.25) is 0 Å². The molecule has 4 heteroatoms. The molecule has 2 rings (SSSR count). The smallest absolute Gasteiger partial charge is 0.149 e. The van der Waals surface area contributed by atoms with Crippen LogP contribution in [-0.4, -0.2) is 36.1 Å². The zero-order valence-electron chi connectivity index (χ0n) is 10.7. The van der Waals surface area contributed by atoms with Gasteiger partial charge in [0.25, 0.3) is 0 Å². The first-order valence-corrected chi connectivity index (χ1v) is 6.37. The van der Waals surface area contributed by atoms with Crippen molar-refractivity contribution in [3.8, 4) is 0 Å². The minimum atomic E-state index is 0.720. The van der Waals surface area contributed by atoms with Crippen molar-refractivity contribution < 1.29 is 0 Å². The van der Waals surface area contributed by atoms with E-state index in [1.54, 1.807) is 0 Å². The molecule has 1 atom stereocenters. The first kappa shape index (κ1) is 12.2. The van der Waals surface area contributed by atoms with E-state index in [4.69, 9.17) is 5.73 Å². The van der Waals surface area contributed by atoms with Crippen LogP contribution < -0.4 is 11.1 Å². The van der Waals surface area contributed by atoms with Crippen LogP contribution in [0.25, 0.3) is 0 Å². The topological polar surface area (TPSA) is 54.2 Å². The predicted molar refractivity (Wildman–Crippen MR) is 72.1 cm³/mol. The van der Waals surface area contributed by atoms with Crippen molar-refractivity contribution in [3.05, 3.63) is 17.8 Å². The van der Waals surface area contributed by atoms with Gasteiger partial charge in [-0.2, -0.15) is 0 Å². The number of pyridine rings is 1. The van der Waals surface area contributed by atoms with Crippen LogP contribution >= 0.6 is 0 Å². The zero-order valence-corrected chi connectivity index (χ0v) is 10.7. The normalized spacial score (nSPS) is 20.7. The van der Waals surface area contributed by atoms with Crippen LogP contribution in [-0.2, 0) is 0 Å². The van der Waals surface area contributed by atoms with Gasteiger partial charge in [-0.25, -0.2) is 4.98 Å². The number of aryl methyl sites for hydroxylation is 1. The van der Waals surface area contributed by atoms with E-state index in [1.165, 1.54) is 19.5 Å². The van der Waals surface area contributed by atoms with Crippen molar-refractivity contribution in [1.29, 1.82) is 0 Å². The summed E-state index contributed by atoms with van der Waals surface area (Å²) >= 11 is 0. The number of aromatic nitrogens is 1. The molecule has 1 aliphatic rings. The van der Waals surface area contributed by atoms with Crippen LogP contribution in [0.3, 0.4) is 0 Å². The van der Waals surface area contributed by atoms with Gasteiger partial charge >= 0.3 is 0 Å². The third-order valence-corrected chi connectivity index (χ3v) is 3.43.